The maximum Gasteiger partial charge on any atom is 0.279 e. The van der Waals surface area contributed by atoms with Crippen LogP contribution in [0.3, 0.4) is 0 Å². The molecule has 3 aromatic rings. The number of hydrogen-bond donors (Lipinski definition) is 3. The van der Waals surface area contributed by atoms with E-state index >= 15 is 0 Å². The molecule has 34 heavy (non-hydrogen) atoms. The van der Waals surface area contributed by atoms with Gasteiger partial charge in [0.15, 0.2) is 0 Å². The molecule has 1 aliphatic heterocycles. The molecule has 1 saturated heterocycles. The Morgan fingerprint density at radius 1 is 1.03 bits per heavy atom. The predicted octanol–water partition coefficient (Wildman–Crippen LogP) is 1.74. The van der Waals surface area contributed by atoms with Crippen molar-refractivity contribution in [2.75, 3.05) is 53.0 Å². The lowest BCUT2D eigenvalue weighted by Gasteiger charge is -2.33. The minimum absolute atomic E-state index is 0.0795. The molecule has 0 amide bonds. The zero-order valence-electron chi connectivity index (χ0n) is 19.3. The first-order chi connectivity index (χ1) is 16.5. The molecule has 0 aliphatic carbocycles. The predicted molar refractivity (Wildman–Crippen MR) is 132 cm³/mol. The van der Waals surface area contributed by atoms with Crippen LogP contribution in [0.4, 0.5) is 0 Å². The van der Waals surface area contributed by atoms with Gasteiger partial charge in [-0.25, -0.2) is 9.71 Å². The number of piperazine rings is 1. The molecule has 182 valence electrons. The number of β-amino-alcohol motifs (C(OH)–C–C–N with tert-alkyl or cyclic N) is 1. The van der Waals surface area contributed by atoms with Gasteiger partial charge < -0.3 is 14.8 Å². The van der Waals surface area contributed by atoms with Crippen LogP contribution in [-0.2, 0) is 16.6 Å². The van der Waals surface area contributed by atoms with Crippen molar-refractivity contribution in [3.63, 3.8) is 0 Å². The van der Waals surface area contributed by atoms with Crippen LogP contribution in [0.25, 0.3) is 22.6 Å². The number of aromatic nitrogens is 2. The number of methoxy groups -OCH3 is 1. The number of aliphatic hydroxyl groups excluding tert-OH is 1. The summed E-state index contributed by atoms with van der Waals surface area (Å²) in [6.07, 6.45) is 0.439. The van der Waals surface area contributed by atoms with Crippen molar-refractivity contribution in [2.24, 2.45) is 0 Å². The van der Waals surface area contributed by atoms with Crippen LogP contribution in [0.1, 0.15) is 5.69 Å². The van der Waals surface area contributed by atoms with Gasteiger partial charge in [-0.3, -0.25) is 4.90 Å². The number of nitrogens with one attached hydrogen (secondary N) is 2. The molecule has 2 heterocycles. The van der Waals surface area contributed by atoms with Crippen molar-refractivity contribution >= 4 is 10.2 Å². The fraction of sp³-hybridized carbons (Fsp3) is 0.375. The van der Waals surface area contributed by atoms with E-state index in [0.717, 1.165) is 34.1 Å². The molecule has 10 heteroatoms. The lowest BCUT2D eigenvalue weighted by atomic mass is 10.1. The van der Waals surface area contributed by atoms with Crippen LogP contribution in [0.15, 0.2) is 54.6 Å². The van der Waals surface area contributed by atoms with E-state index in [0.29, 0.717) is 39.1 Å². The van der Waals surface area contributed by atoms with Gasteiger partial charge in [0, 0.05) is 56.8 Å². The van der Waals surface area contributed by atoms with Crippen molar-refractivity contribution < 1.29 is 18.3 Å². The second-order valence-electron chi connectivity index (χ2n) is 8.12. The largest absolute Gasteiger partial charge is 0.497 e. The van der Waals surface area contributed by atoms with Crippen LogP contribution in [0, 0.1) is 0 Å². The van der Waals surface area contributed by atoms with Crippen LogP contribution >= 0.6 is 0 Å². The average Bonchev–Trinajstić information content (AvgIpc) is 3.29. The van der Waals surface area contributed by atoms with E-state index in [9.17, 15) is 8.42 Å². The fourth-order valence-corrected chi connectivity index (χ4v) is 5.23. The molecule has 1 aromatic heterocycles. The zero-order valence-corrected chi connectivity index (χ0v) is 20.1. The minimum atomic E-state index is -3.58. The lowest BCUT2D eigenvalue weighted by molar-refractivity contribution is 0.151. The number of imidazole rings is 1. The average molecular weight is 486 g/mol. The number of nitrogens with zero attached hydrogens (tertiary/aromatic N) is 3. The molecule has 0 spiro atoms. The molecule has 0 atom stereocenters. The van der Waals surface area contributed by atoms with Crippen LogP contribution in [0.5, 0.6) is 5.75 Å². The molecular weight excluding hydrogens is 454 g/mol. The number of aromatic amines is 1. The van der Waals surface area contributed by atoms with E-state index in [1.165, 1.54) is 4.31 Å². The number of aliphatic hydroxyl groups is 1. The lowest BCUT2D eigenvalue weighted by Crippen LogP contribution is -2.52. The van der Waals surface area contributed by atoms with Crippen LogP contribution in [0.2, 0.25) is 0 Å². The molecule has 9 nitrogen and oxygen atoms in total. The third-order valence-electron chi connectivity index (χ3n) is 5.94. The summed E-state index contributed by atoms with van der Waals surface area (Å²) in [6, 6.07) is 17.5. The maximum atomic E-state index is 12.8. The van der Waals surface area contributed by atoms with E-state index in [-0.39, 0.29) is 13.2 Å². The Morgan fingerprint density at radius 3 is 2.38 bits per heavy atom. The Hall–Kier alpha value is -2.76. The number of H-pyrrole nitrogens is 1. The topological polar surface area (TPSA) is 111 Å². The van der Waals surface area contributed by atoms with E-state index in [1.807, 2.05) is 54.6 Å². The molecular formula is C24H31N5O4S. The fourth-order valence-electron chi connectivity index (χ4n) is 4.04. The first kappa shape index (κ1) is 24.4. The number of benzene rings is 2. The van der Waals surface area contributed by atoms with Gasteiger partial charge in [0.1, 0.15) is 11.6 Å². The summed E-state index contributed by atoms with van der Waals surface area (Å²) >= 11 is 0. The van der Waals surface area contributed by atoms with Crippen LogP contribution < -0.4 is 9.46 Å². The number of ether oxygens (including phenoxy) is 1. The highest BCUT2D eigenvalue weighted by atomic mass is 32.2. The van der Waals surface area contributed by atoms with E-state index in [2.05, 4.69) is 14.6 Å². The summed E-state index contributed by atoms with van der Waals surface area (Å²) in [7, 11) is -1.96. The standard InChI is InChI=1S/C24H31N5O4S/c1-33-21-9-7-19(8-10-21)23-22(26-24(27-23)20-5-3-2-4-6-20)11-12-25-34(31,32)29-15-13-28(14-16-29)17-18-30/h2-10,25,30H,11-18H2,1H3,(H,26,27). The highest BCUT2D eigenvalue weighted by Crippen LogP contribution is 2.28. The third kappa shape index (κ3) is 5.83. The van der Waals surface area contributed by atoms with Crippen molar-refractivity contribution in [1.29, 1.82) is 0 Å². The Labute approximate surface area is 200 Å². The highest BCUT2D eigenvalue weighted by Gasteiger charge is 2.26. The summed E-state index contributed by atoms with van der Waals surface area (Å²) in [5.41, 5.74) is 3.57. The van der Waals surface area contributed by atoms with Crippen molar-refractivity contribution in [3.8, 4) is 28.4 Å². The number of rotatable bonds is 10. The number of hydrogen-bond acceptors (Lipinski definition) is 6. The Kier molecular flexibility index (Phi) is 7.96. The monoisotopic (exact) mass is 485 g/mol. The van der Waals surface area contributed by atoms with E-state index < -0.39 is 10.2 Å². The van der Waals surface area contributed by atoms with Gasteiger partial charge in [-0.1, -0.05) is 30.3 Å². The van der Waals surface area contributed by atoms with Gasteiger partial charge in [0.25, 0.3) is 10.2 Å². The minimum Gasteiger partial charge on any atom is -0.497 e. The van der Waals surface area contributed by atoms with Crippen molar-refractivity contribution in [1.82, 2.24) is 23.9 Å². The molecule has 2 aromatic carbocycles. The molecule has 4 rings (SSSR count). The Balaban J connectivity index is 1.47. The summed E-state index contributed by atoms with van der Waals surface area (Å²) in [5.74, 6) is 1.50. The SMILES string of the molecule is COc1ccc(-c2[nH]c(-c3ccccc3)nc2CCNS(=O)(=O)N2CCN(CCO)CC2)cc1. The quantitative estimate of drug-likeness (QED) is 0.404. The first-order valence-corrected chi connectivity index (χ1v) is 12.8. The molecule has 0 bridgehead atoms. The Morgan fingerprint density at radius 2 is 1.74 bits per heavy atom. The van der Waals surface area contributed by atoms with Crippen molar-refractivity contribution in [3.05, 3.63) is 60.3 Å². The summed E-state index contributed by atoms with van der Waals surface area (Å²) < 4.78 is 35.1. The van der Waals surface area contributed by atoms with Gasteiger partial charge in [-0.2, -0.15) is 12.7 Å². The smallest absolute Gasteiger partial charge is 0.279 e. The van der Waals surface area contributed by atoms with Gasteiger partial charge >= 0.3 is 0 Å². The molecule has 0 radical (unpaired) electrons. The molecule has 0 unspecified atom stereocenters. The molecule has 3 N–H and O–H groups in total. The molecule has 1 aliphatic rings. The normalized spacial score (nSPS) is 15.5. The van der Waals surface area contributed by atoms with Gasteiger partial charge in [-0.05, 0) is 24.3 Å². The maximum absolute atomic E-state index is 12.8. The second-order valence-corrected chi connectivity index (χ2v) is 9.87. The summed E-state index contributed by atoms with van der Waals surface area (Å²) in [5, 5.41) is 9.07. The second kappa shape index (κ2) is 11.1. The Bertz CT molecular complexity index is 1160. The van der Waals surface area contributed by atoms with Gasteiger partial charge in [0.05, 0.1) is 25.1 Å². The van der Waals surface area contributed by atoms with Gasteiger partial charge in [-0.15, -0.1) is 0 Å². The zero-order chi connectivity index (χ0) is 24.0. The summed E-state index contributed by atoms with van der Waals surface area (Å²) in [6.45, 7) is 2.93. The molecule has 1 fully saturated rings. The third-order valence-corrected chi connectivity index (χ3v) is 7.55. The van der Waals surface area contributed by atoms with Gasteiger partial charge in [0.2, 0.25) is 0 Å². The van der Waals surface area contributed by atoms with E-state index in [1.54, 1.807) is 7.11 Å². The highest BCUT2D eigenvalue weighted by molar-refractivity contribution is 7.87. The van der Waals surface area contributed by atoms with E-state index in [4.69, 9.17) is 14.8 Å². The van der Waals surface area contributed by atoms with Crippen LogP contribution in [-0.4, -0.2) is 85.7 Å². The first-order valence-electron chi connectivity index (χ1n) is 11.4. The summed E-state index contributed by atoms with van der Waals surface area (Å²) in [4.78, 5) is 10.3. The molecule has 0 saturated carbocycles. The van der Waals surface area contributed by atoms with Crippen molar-refractivity contribution in [2.45, 2.75) is 6.42 Å².